The van der Waals surface area contributed by atoms with E-state index in [0.717, 1.165) is 23.3 Å². The molecule has 0 saturated carbocycles. The molecule has 2 rings (SSSR count). The van der Waals surface area contributed by atoms with Crippen molar-refractivity contribution in [3.63, 3.8) is 0 Å². The van der Waals surface area contributed by atoms with Crippen LogP contribution in [-0.4, -0.2) is 52.4 Å². The van der Waals surface area contributed by atoms with E-state index in [0.29, 0.717) is 23.7 Å². The first-order valence-electron chi connectivity index (χ1n) is 9.03. The number of rotatable bonds is 11. The molecule has 28 heavy (non-hydrogen) atoms. The maximum atomic E-state index is 12.5. The number of nitrogens with one attached hydrogen (secondary N) is 2. The average Bonchev–Trinajstić information content (AvgIpc) is 3.11. The van der Waals surface area contributed by atoms with Gasteiger partial charge in [-0.25, -0.2) is 4.79 Å². The van der Waals surface area contributed by atoms with Gasteiger partial charge in [0.2, 0.25) is 5.91 Å². The van der Waals surface area contributed by atoms with Gasteiger partial charge in [0.05, 0.1) is 20.3 Å². The van der Waals surface area contributed by atoms with Crippen LogP contribution < -0.4 is 15.4 Å². The number of carbonyl (C=O) groups excluding carboxylic acids is 2. The quantitative estimate of drug-likeness (QED) is 0.440. The molecule has 0 unspecified atom stereocenters. The van der Waals surface area contributed by atoms with Gasteiger partial charge >= 0.3 is 5.97 Å². The lowest BCUT2D eigenvalue weighted by molar-refractivity contribution is -0.115. The number of carbonyl (C=O) groups is 2. The van der Waals surface area contributed by atoms with Gasteiger partial charge in [-0.2, -0.15) is 0 Å². The van der Waals surface area contributed by atoms with Gasteiger partial charge < -0.3 is 24.8 Å². The molecule has 7 nitrogen and oxygen atoms in total. The summed E-state index contributed by atoms with van der Waals surface area (Å²) in [6.07, 6.45) is 0.818. The molecule has 8 heteroatoms. The third-order valence-corrected chi connectivity index (χ3v) is 4.81. The lowest BCUT2D eigenvalue weighted by Gasteiger charge is -2.10. The van der Waals surface area contributed by atoms with E-state index in [2.05, 4.69) is 10.6 Å². The summed E-state index contributed by atoms with van der Waals surface area (Å²) >= 11 is 1.30. The molecule has 0 fully saturated rings. The maximum Gasteiger partial charge on any atom is 0.341 e. The number of benzene rings is 1. The Labute approximate surface area is 169 Å². The van der Waals surface area contributed by atoms with Crippen LogP contribution in [0.3, 0.4) is 0 Å². The second-order valence-electron chi connectivity index (χ2n) is 5.87. The van der Waals surface area contributed by atoms with E-state index in [1.54, 1.807) is 21.1 Å². The molecule has 0 aliphatic rings. The smallest absolute Gasteiger partial charge is 0.341 e. The summed E-state index contributed by atoms with van der Waals surface area (Å²) in [7, 11) is 3.24. The molecule has 1 amide bonds. The highest BCUT2D eigenvalue weighted by molar-refractivity contribution is 7.15. The fourth-order valence-electron chi connectivity index (χ4n) is 2.55. The first-order chi connectivity index (χ1) is 13.6. The number of hydrogen-bond acceptors (Lipinski definition) is 7. The minimum atomic E-state index is -0.460. The van der Waals surface area contributed by atoms with Gasteiger partial charge in [0.1, 0.15) is 16.3 Å². The van der Waals surface area contributed by atoms with E-state index in [9.17, 15) is 9.59 Å². The van der Waals surface area contributed by atoms with Gasteiger partial charge in [-0.1, -0.05) is 12.1 Å². The van der Waals surface area contributed by atoms with Crippen LogP contribution in [-0.2, 0) is 14.3 Å². The van der Waals surface area contributed by atoms with Crippen molar-refractivity contribution in [1.82, 2.24) is 5.32 Å². The minimum absolute atomic E-state index is 0.155. The van der Waals surface area contributed by atoms with E-state index in [-0.39, 0.29) is 19.1 Å². The van der Waals surface area contributed by atoms with Crippen molar-refractivity contribution in [1.29, 1.82) is 0 Å². The summed E-state index contributed by atoms with van der Waals surface area (Å²) in [4.78, 5) is 24.8. The molecule has 1 heterocycles. The molecule has 2 N–H and O–H groups in total. The number of methoxy groups -OCH3 is 2. The Morgan fingerprint density at radius 1 is 1.14 bits per heavy atom. The van der Waals surface area contributed by atoms with Crippen molar-refractivity contribution in [3.05, 3.63) is 35.2 Å². The van der Waals surface area contributed by atoms with Crippen LogP contribution in [0.2, 0.25) is 0 Å². The van der Waals surface area contributed by atoms with Crippen LogP contribution in [0.15, 0.2) is 29.6 Å². The van der Waals surface area contributed by atoms with Crippen LogP contribution in [0.4, 0.5) is 5.00 Å². The molecule has 0 bridgehead atoms. The zero-order valence-corrected chi connectivity index (χ0v) is 17.2. The van der Waals surface area contributed by atoms with E-state index in [1.807, 2.05) is 29.6 Å². The Hall–Kier alpha value is -2.42. The van der Waals surface area contributed by atoms with E-state index < -0.39 is 5.97 Å². The van der Waals surface area contributed by atoms with Gasteiger partial charge in [-0.05, 0) is 37.6 Å². The Morgan fingerprint density at radius 2 is 1.89 bits per heavy atom. The van der Waals surface area contributed by atoms with E-state index in [4.69, 9.17) is 14.2 Å². The first kappa shape index (κ1) is 21.9. The van der Waals surface area contributed by atoms with Crippen molar-refractivity contribution < 1.29 is 23.8 Å². The topological polar surface area (TPSA) is 85.9 Å². The normalized spacial score (nSPS) is 10.5. The largest absolute Gasteiger partial charge is 0.497 e. The monoisotopic (exact) mass is 406 g/mol. The third-order valence-electron chi connectivity index (χ3n) is 3.91. The fraction of sp³-hybridized carbons (Fsp3) is 0.400. The van der Waals surface area contributed by atoms with E-state index in [1.165, 1.54) is 11.3 Å². The highest BCUT2D eigenvalue weighted by Gasteiger charge is 2.22. The summed E-state index contributed by atoms with van der Waals surface area (Å²) in [6, 6.07) is 7.38. The summed E-state index contributed by atoms with van der Waals surface area (Å²) in [5, 5.41) is 8.18. The van der Waals surface area contributed by atoms with E-state index >= 15 is 0 Å². The second kappa shape index (κ2) is 11.4. The van der Waals surface area contributed by atoms with Crippen LogP contribution in [0.25, 0.3) is 11.1 Å². The summed E-state index contributed by atoms with van der Waals surface area (Å²) < 4.78 is 15.4. The molecule has 152 valence electrons. The number of thiophene rings is 1. The zero-order valence-electron chi connectivity index (χ0n) is 16.4. The number of anilines is 1. The number of hydrogen-bond donors (Lipinski definition) is 2. The Bertz CT molecular complexity index is 773. The van der Waals surface area contributed by atoms with Crippen LogP contribution >= 0.6 is 11.3 Å². The molecule has 0 atom stereocenters. The lowest BCUT2D eigenvalue weighted by atomic mass is 10.0. The lowest BCUT2D eigenvalue weighted by Crippen LogP contribution is -2.29. The summed E-state index contributed by atoms with van der Waals surface area (Å²) in [5.41, 5.74) is 1.93. The highest BCUT2D eigenvalue weighted by Crippen LogP contribution is 2.36. The van der Waals surface area contributed by atoms with Crippen LogP contribution in [0, 0.1) is 0 Å². The van der Waals surface area contributed by atoms with Gasteiger partial charge in [0, 0.05) is 24.7 Å². The zero-order chi connectivity index (χ0) is 20.4. The molecule has 0 radical (unpaired) electrons. The van der Waals surface area contributed by atoms with Gasteiger partial charge in [-0.15, -0.1) is 11.3 Å². The molecule has 2 aromatic rings. The second-order valence-corrected chi connectivity index (χ2v) is 6.75. The minimum Gasteiger partial charge on any atom is -0.497 e. The summed E-state index contributed by atoms with van der Waals surface area (Å²) in [6.45, 7) is 3.47. The van der Waals surface area contributed by atoms with Crippen LogP contribution in [0.5, 0.6) is 5.75 Å². The highest BCUT2D eigenvalue weighted by atomic mass is 32.1. The molecule has 0 aliphatic heterocycles. The standard InChI is InChI=1S/C20H26N2O5S/c1-4-27-20(24)18-16(14-6-8-15(26-3)9-7-14)13-28-19(18)22-17(23)12-21-10-5-11-25-2/h6-9,13,21H,4-5,10-12H2,1-3H3,(H,22,23). The van der Waals surface area contributed by atoms with Crippen molar-refractivity contribution in [2.24, 2.45) is 0 Å². The van der Waals surface area contributed by atoms with Crippen molar-refractivity contribution in [2.75, 3.05) is 45.8 Å². The fourth-order valence-corrected chi connectivity index (χ4v) is 3.53. The third kappa shape index (κ3) is 6.05. The first-order valence-corrected chi connectivity index (χ1v) is 9.91. The molecule has 0 spiro atoms. The van der Waals surface area contributed by atoms with Crippen LogP contribution in [0.1, 0.15) is 23.7 Å². The predicted octanol–water partition coefficient (Wildman–Crippen LogP) is 3.17. The van der Waals surface area contributed by atoms with Gasteiger partial charge in [0.25, 0.3) is 0 Å². The SMILES string of the molecule is CCOC(=O)c1c(-c2ccc(OC)cc2)csc1NC(=O)CNCCCOC. The van der Waals surface area contributed by atoms with Gasteiger partial charge in [0.15, 0.2) is 0 Å². The molecular weight excluding hydrogens is 380 g/mol. The van der Waals surface area contributed by atoms with Crippen molar-refractivity contribution in [2.45, 2.75) is 13.3 Å². The molecule has 1 aromatic heterocycles. The van der Waals surface area contributed by atoms with Crippen molar-refractivity contribution in [3.8, 4) is 16.9 Å². The molecule has 1 aromatic carbocycles. The summed E-state index contributed by atoms with van der Waals surface area (Å²) in [5.74, 6) is 0.0498. The Kier molecular flexibility index (Phi) is 8.93. The molecule has 0 saturated heterocycles. The van der Waals surface area contributed by atoms with Crippen molar-refractivity contribution >= 4 is 28.2 Å². The Balaban J connectivity index is 2.16. The number of esters is 1. The average molecular weight is 407 g/mol. The molecule has 0 aliphatic carbocycles. The maximum absolute atomic E-state index is 12.5. The molecular formula is C20H26N2O5S. The number of ether oxygens (including phenoxy) is 3. The van der Waals surface area contributed by atoms with Gasteiger partial charge in [-0.3, -0.25) is 4.79 Å². The Morgan fingerprint density at radius 3 is 2.54 bits per heavy atom. The predicted molar refractivity (Wildman–Crippen MR) is 110 cm³/mol. The number of amides is 1.